The highest BCUT2D eigenvalue weighted by Gasteiger charge is 2.23. The summed E-state index contributed by atoms with van der Waals surface area (Å²) in [5, 5.41) is 31.9. The van der Waals surface area contributed by atoms with Gasteiger partial charge in [0.1, 0.15) is 0 Å². The lowest BCUT2D eigenvalue weighted by atomic mass is 10.1. The molecule has 2 heterocycles. The molecule has 1 aromatic heterocycles. The fraction of sp³-hybridized carbons (Fsp3) is 0.105. The number of thioether (sulfide) groups is 1. The van der Waals surface area contributed by atoms with Crippen molar-refractivity contribution < 1.29 is 19.8 Å². The van der Waals surface area contributed by atoms with Crippen LogP contribution >= 0.6 is 11.8 Å². The summed E-state index contributed by atoms with van der Waals surface area (Å²) in [6.07, 6.45) is 0. The molecule has 0 aliphatic carbocycles. The first kappa shape index (κ1) is 18.7. The topological polar surface area (TPSA) is 140 Å². The Morgan fingerprint density at radius 3 is 2.62 bits per heavy atom. The minimum atomic E-state index is -1.02. The number of aromatic carboxylic acids is 1. The van der Waals surface area contributed by atoms with E-state index in [4.69, 9.17) is 5.11 Å². The van der Waals surface area contributed by atoms with E-state index in [1.54, 1.807) is 6.07 Å². The second kappa shape index (κ2) is 7.40. The number of carboxylic acid groups (broad SMARTS) is 1. The smallest absolute Gasteiger partial charge is 0.335 e. The van der Waals surface area contributed by atoms with E-state index in [1.165, 1.54) is 24.3 Å². The highest BCUT2D eigenvalue weighted by atomic mass is 32.2. The zero-order chi connectivity index (χ0) is 20.5. The van der Waals surface area contributed by atoms with E-state index in [0.717, 1.165) is 17.3 Å². The molecule has 0 saturated carbocycles. The Morgan fingerprint density at radius 2 is 1.93 bits per heavy atom. The van der Waals surface area contributed by atoms with Crippen LogP contribution < -0.4 is 5.43 Å². The molecule has 9 nitrogen and oxygen atoms in total. The number of hydrazone groups is 1. The molecule has 0 radical (unpaired) electrons. The number of carbonyl (C=O) groups is 2. The Hall–Kier alpha value is -3.66. The predicted octanol–water partition coefficient (Wildman–Crippen LogP) is 4.54. The first-order valence-corrected chi connectivity index (χ1v) is 9.44. The minimum Gasteiger partial charge on any atom is -0.493 e. The second-order valence-electron chi connectivity index (χ2n) is 6.29. The molecule has 0 fully saturated rings. The maximum Gasteiger partial charge on any atom is 0.335 e. The molecular formula is C19H15N5O4S. The van der Waals surface area contributed by atoms with Gasteiger partial charge in [0.25, 0.3) is 5.24 Å². The molecule has 0 saturated heterocycles. The third kappa shape index (κ3) is 3.69. The van der Waals surface area contributed by atoms with Gasteiger partial charge < -0.3 is 15.2 Å². The van der Waals surface area contributed by atoms with Crippen molar-refractivity contribution in [1.29, 1.82) is 0 Å². The van der Waals surface area contributed by atoms with Gasteiger partial charge in [-0.05, 0) is 48.9 Å². The third-order valence-electron chi connectivity index (χ3n) is 4.36. The number of azo groups is 1. The number of amides is 1. The second-order valence-corrected chi connectivity index (χ2v) is 7.60. The average Bonchev–Trinajstić information content (AvgIpc) is 3.01. The number of benzene rings is 2. The number of fused-ring (bicyclic) bond motifs is 1. The number of hydrogen-bond acceptors (Lipinski definition) is 7. The van der Waals surface area contributed by atoms with E-state index in [1.807, 2.05) is 19.1 Å². The summed E-state index contributed by atoms with van der Waals surface area (Å²) in [4.78, 5) is 25.2. The maximum absolute atomic E-state index is 11.4. The lowest BCUT2D eigenvalue weighted by molar-refractivity contribution is 0.0697. The number of carboxylic acids is 1. The summed E-state index contributed by atoms with van der Waals surface area (Å²) in [6, 6.07) is 11.4. The summed E-state index contributed by atoms with van der Waals surface area (Å²) in [6.45, 7) is 1.89. The van der Waals surface area contributed by atoms with Crippen LogP contribution in [0.4, 0.5) is 16.2 Å². The summed E-state index contributed by atoms with van der Waals surface area (Å²) in [5.74, 6) is -1.16. The molecule has 1 aliphatic rings. The van der Waals surface area contributed by atoms with Gasteiger partial charge in [-0.2, -0.15) is 10.2 Å². The Balaban J connectivity index is 1.70. The molecule has 1 atom stereocenters. The summed E-state index contributed by atoms with van der Waals surface area (Å²) >= 11 is 1.15. The quantitative estimate of drug-likeness (QED) is 0.469. The lowest BCUT2D eigenvalue weighted by Crippen LogP contribution is -2.29. The minimum absolute atomic E-state index is 0.119. The van der Waals surface area contributed by atoms with Gasteiger partial charge in [-0.15, -0.1) is 5.11 Å². The van der Waals surface area contributed by atoms with Crippen LogP contribution in [-0.2, 0) is 0 Å². The van der Waals surface area contributed by atoms with Gasteiger partial charge >= 0.3 is 5.97 Å². The van der Waals surface area contributed by atoms with Crippen LogP contribution in [0.15, 0.2) is 57.8 Å². The Morgan fingerprint density at radius 1 is 1.17 bits per heavy atom. The van der Waals surface area contributed by atoms with Crippen LogP contribution in [0.3, 0.4) is 0 Å². The molecule has 0 bridgehead atoms. The number of nitrogens with zero attached hydrogens (tertiary/aromatic N) is 3. The van der Waals surface area contributed by atoms with E-state index in [9.17, 15) is 14.7 Å². The van der Waals surface area contributed by atoms with Crippen molar-refractivity contribution in [2.45, 2.75) is 12.2 Å². The molecule has 0 spiro atoms. The van der Waals surface area contributed by atoms with Gasteiger partial charge in [0.05, 0.1) is 27.7 Å². The zero-order valence-electron chi connectivity index (χ0n) is 15.1. The zero-order valence-corrected chi connectivity index (χ0v) is 15.9. The SMILES string of the molecule is CC1SC(=O)NN=C1c1ccc2[nH]c(O)c(N=Nc3ccc(C(=O)O)cc3)c2c1. The largest absolute Gasteiger partial charge is 0.493 e. The van der Waals surface area contributed by atoms with Crippen LogP contribution in [0.5, 0.6) is 5.88 Å². The van der Waals surface area contributed by atoms with Crippen molar-refractivity contribution in [1.82, 2.24) is 10.4 Å². The number of aromatic nitrogens is 1. The first-order chi connectivity index (χ1) is 13.9. The van der Waals surface area contributed by atoms with E-state index < -0.39 is 5.97 Å². The van der Waals surface area contributed by atoms with Gasteiger partial charge in [-0.25, -0.2) is 10.2 Å². The lowest BCUT2D eigenvalue weighted by Gasteiger charge is -2.18. The first-order valence-electron chi connectivity index (χ1n) is 8.57. The molecule has 29 heavy (non-hydrogen) atoms. The molecule has 1 unspecified atom stereocenters. The molecule has 4 rings (SSSR count). The van der Waals surface area contributed by atoms with Crippen molar-refractivity contribution in [2.24, 2.45) is 15.3 Å². The highest BCUT2D eigenvalue weighted by Crippen LogP contribution is 2.37. The molecule has 3 aromatic rings. The van der Waals surface area contributed by atoms with Crippen LogP contribution in [0.25, 0.3) is 10.9 Å². The number of nitrogens with one attached hydrogen (secondary N) is 2. The Kier molecular flexibility index (Phi) is 4.77. The summed E-state index contributed by atoms with van der Waals surface area (Å²) in [7, 11) is 0. The third-order valence-corrected chi connectivity index (χ3v) is 5.25. The number of hydrogen-bond donors (Lipinski definition) is 4. The van der Waals surface area contributed by atoms with Gasteiger partial charge in [-0.1, -0.05) is 17.8 Å². The molecule has 4 N–H and O–H groups in total. The highest BCUT2D eigenvalue weighted by molar-refractivity contribution is 8.14. The number of carbonyl (C=O) groups excluding carboxylic acids is 1. The standard InChI is InChI=1S/C19H15N5O4S/c1-9-15(22-24-19(28)29-9)11-4-7-14-13(8-11)16(17(25)20-14)23-21-12-5-2-10(3-6-12)18(26)27/h2-9,20,25H,1H3,(H,24,28)(H,26,27). The van der Waals surface area contributed by atoms with E-state index in [2.05, 4.69) is 25.7 Å². The molecule has 2 aromatic carbocycles. The average molecular weight is 409 g/mol. The summed E-state index contributed by atoms with van der Waals surface area (Å²) < 4.78 is 0. The normalized spacial score (nSPS) is 16.8. The molecule has 1 aliphatic heterocycles. The van der Waals surface area contributed by atoms with E-state index in [-0.39, 0.29) is 27.6 Å². The van der Waals surface area contributed by atoms with Gasteiger partial charge in [0, 0.05) is 5.39 Å². The van der Waals surface area contributed by atoms with Crippen LogP contribution in [0.1, 0.15) is 22.8 Å². The van der Waals surface area contributed by atoms with E-state index >= 15 is 0 Å². The van der Waals surface area contributed by atoms with Gasteiger partial charge in [-0.3, -0.25) is 4.79 Å². The maximum atomic E-state index is 11.4. The molecule has 10 heteroatoms. The number of aromatic amines is 1. The Bertz CT molecular complexity index is 1180. The van der Waals surface area contributed by atoms with Crippen molar-refractivity contribution in [3.63, 3.8) is 0 Å². The van der Waals surface area contributed by atoms with Crippen molar-refractivity contribution in [3.05, 3.63) is 53.6 Å². The molecular weight excluding hydrogens is 394 g/mol. The monoisotopic (exact) mass is 409 g/mol. The molecule has 146 valence electrons. The summed E-state index contributed by atoms with van der Waals surface area (Å²) in [5.41, 5.74) is 5.48. The van der Waals surface area contributed by atoms with Crippen LogP contribution in [-0.4, -0.2) is 37.4 Å². The van der Waals surface area contributed by atoms with Gasteiger partial charge in [0.2, 0.25) is 5.88 Å². The fourth-order valence-electron chi connectivity index (χ4n) is 2.94. The van der Waals surface area contributed by atoms with Gasteiger partial charge in [0.15, 0.2) is 5.69 Å². The van der Waals surface area contributed by atoms with Crippen molar-refractivity contribution >= 4 is 51.0 Å². The van der Waals surface area contributed by atoms with E-state index in [0.29, 0.717) is 22.3 Å². The fourth-order valence-corrected chi connectivity index (χ4v) is 3.66. The van der Waals surface area contributed by atoms with Crippen LogP contribution in [0, 0.1) is 0 Å². The van der Waals surface area contributed by atoms with Crippen molar-refractivity contribution in [3.8, 4) is 5.88 Å². The van der Waals surface area contributed by atoms with Crippen LogP contribution in [0.2, 0.25) is 0 Å². The van der Waals surface area contributed by atoms with Crippen molar-refractivity contribution in [2.75, 3.05) is 0 Å². The number of H-pyrrole nitrogens is 1. The Labute approximate surface area is 168 Å². The number of rotatable bonds is 4. The number of aromatic hydroxyl groups is 1. The predicted molar refractivity (Wildman–Crippen MR) is 110 cm³/mol. The molecule has 1 amide bonds.